The first-order valence-electron chi connectivity index (χ1n) is 4.43. The first-order valence-corrected chi connectivity index (χ1v) is 4.43. The van der Waals surface area contributed by atoms with E-state index in [4.69, 9.17) is 0 Å². The molecule has 11 heavy (non-hydrogen) atoms. The molecule has 0 radical (unpaired) electrons. The second-order valence-electron chi connectivity index (χ2n) is 3.55. The van der Waals surface area contributed by atoms with Crippen LogP contribution in [0.5, 0.6) is 0 Å². The van der Waals surface area contributed by atoms with Gasteiger partial charge in [-0.25, -0.2) is 0 Å². The quantitative estimate of drug-likeness (QED) is 0.647. The maximum Gasteiger partial charge on any atom is 0 e. The molecule has 0 aromatic carbocycles. The minimum absolute atomic E-state index is 0. The van der Waals surface area contributed by atoms with E-state index in [-0.39, 0.29) is 26.2 Å². The van der Waals surface area contributed by atoms with Crippen LogP contribution in [0, 0.1) is 11.3 Å². The van der Waals surface area contributed by atoms with Gasteiger partial charge in [0, 0.05) is 26.2 Å². The molecule has 0 aliphatic rings. The predicted octanol–water partition coefficient (Wildman–Crippen LogP) is 3.81. The van der Waals surface area contributed by atoms with Gasteiger partial charge in [0.2, 0.25) is 0 Å². The second kappa shape index (κ2) is 6.40. The Bertz CT molecular complexity index is 82.9. The normalized spacial score (nSPS) is 11.5. The average Bonchev–Trinajstić information content (AvgIpc) is 1.90. The molecule has 0 fully saturated rings. The van der Waals surface area contributed by atoms with E-state index in [0.29, 0.717) is 5.41 Å². The summed E-state index contributed by atoms with van der Waals surface area (Å²) in [6.07, 6.45) is 3.76. The predicted molar refractivity (Wildman–Crippen MR) is 47.9 cm³/mol. The van der Waals surface area contributed by atoms with E-state index in [1.165, 1.54) is 19.3 Å². The largest absolute Gasteiger partial charge is 0.309 e. The maximum absolute atomic E-state index is 2.34. The monoisotopic (exact) mass is 231 g/mol. The Labute approximate surface area is 91.3 Å². The molecule has 0 aromatic heterocycles. The Morgan fingerprint density at radius 3 is 1.45 bits per heavy atom. The van der Waals surface area contributed by atoms with Crippen molar-refractivity contribution in [1.82, 2.24) is 0 Å². The fourth-order valence-electron chi connectivity index (χ4n) is 1.46. The van der Waals surface area contributed by atoms with Crippen LogP contribution < -0.4 is 0 Å². The van der Waals surface area contributed by atoms with Gasteiger partial charge in [-0.05, 0) is 0 Å². The molecule has 0 N–H and O–H groups in total. The van der Waals surface area contributed by atoms with Crippen LogP contribution in [0.3, 0.4) is 0 Å². The number of hydrogen-bond donors (Lipinski definition) is 0. The van der Waals surface area contributed by atoms with Crippen molar-refractivity contribution in [2.75, 3.05) is 0 Å². The van der Waals surface area contributed by atoms with Crippen molar-refractivity contribution in [2.24, 2.45) is 5.41 Å². The van der Waals surface area contributed by atoms with Crippen molar-refractivity contribution in [2.45, 2.75) is 53.9 Å². The Hall–Kier alpha value is 0.883. The summed E-state index contributed by atoms with van der Waals surface area (Å²) in [5.41, 5.74) is 0.476. The van der Waals surface area contributed by atoms with Gasteiger partial charge in [0.25, 0.3) is 0 Å². The van der Waals surface area contributed by atoms with Gasteiger partial charge in [0.1, 0.15) is 0 Å². The summed E-state index contributed by atoms with van der Waals surface area (Å²) >= 11 is 0. The van der Waals surface area contributed by atoms with E-state index in [1.807, 2.05) is 0 Å². The molecule has 66 valence electrons. The van der Waals surface area contributed by atoms with Gasteiger partial charge >= 0.3 is 0 Å². The van der Waals surface area contributed by atoms with Crippen LogP contribution in [0.4, 0.5) is 0 Å². The van der Waals surface area contributed by atoms with Crippen molar-refractivity contribution < 1.29 is 26.2 Å². The van der Waals surface area contributed by atoms with E-state index in [2.05, 4.69) is 34.6 Å². The average molecular weight is 233 g/mol. The Kier molecular flexibility index (Phi) is 8.39. The maximum atomic E-state index is 2.34. The SMILES string of the molecule is CC[C-](CC)C(C)(C)CC.[Zr]. The zero-order valence-electron chi connectivity index (χ0n) is 8.62. The molecular weight excluding hydrogens is 211 g/mol. The van der Waals surface area contributed by atoms with E-state index < -0.39 is 0 Å². The molecule has 0 saturated heterocycles. The molecule has 0 heterocycles. The Morgan fingerprint density at radius 2 is 1.36 bits per heavy atom. The third-order valence-electron chi connectivity index (χ3n) is 2.69. The van der Waals surface area contributed by atoms with Gasteiger partial charge in [-0.3, -0.25) is 0 Å². The van der Waals surface area contributed by atoms with E-state index >= 15 is 0 Å². The van der Waals surface area contributed by atoms with Crippen LogP contribution in [0.15, 0.2) is 0 Å². The molecule has 0 nitrogen and oxygen atoms in total. The molecule has 0 aliphatic carbocycles. The third kappa shape index (κ3) is 4.46. The van der Waals surface area contributed by atoms with Crippen molar-refractivity contribution >= 4 is 0 Å². The summed E-state index contributed by atoms with van der Waals surface area (Å²) in [6, 6.07) is 0. The minimum Gasteiger partial charge on any atom is -0.309 e. The Morgan fingerprint density at radius 1 is 1.00 bits per heavy atom. The van der Waals surface area contributed by atoms with Gasteiger partial charge < -0.3 is 5.92 Å². The zero-order chi connectivity index (χ0) is 8.20. The Balaban J connectivity index is 0. The molecule has 1 heteroatoms. The van der Waals surface area contributed by atoms with Gasteiger partial charge in [-0.15, -0.1) is 0 Å². The number of hydrogen-bond acceptors (Lipinski definition) is 0. The van der Waals surface area contributed by atoms with Gasteiger partial charge in [0.15, 0.2) is 0 Å². The summed E-state index contributed by atoms with van der Waals surface area (Å²) in [5.74, 6) is 1.70. The van der Waals surface area contributed by atoms with E-state index in [1.54, 1.807) is 5.92 Å². The first-order chi connectivity index (χ1) is 4.58. The van der Waals surface area contributed by atoms with Gasteiger partial charge in [0.05, 0.1) is 0 Å². The molecule has 0 bridgehead atoms. The summed E-state index contributed by atoms with van der Waals surface area (Å²) in [5, 5.41) is 0. The summed E-state index contributed by atoms with van der Waals surface area (Å²) in [4.78, 5) is 0. The number of rotatable bonds is 4. The summed E-state index contributed by atoms with van der Waals surface area (Å²) in [7, 11) is 0. The van der Waals surface area contributed by atoms with Gasteiger partial charge in [-0.2, -0.15) is 18.3 Å². The molecule has 0 aliphatic heterocycles. The second-order valence-corrected chi connectivity index (χ2v) is 3.55. The summed E-state index contributed by atoms with van der Waals surface area (Å²) < 4.78 is 0. The minimum atomic E-state index is 0. The van der Waals surface area contributed by atoms with E-state index in [9.17, 15) is 0 Å². The van der Waals surface area contributed by atoms with Crippen molar-refractivity contribution in [3.8, 4) is 0 Å². The molecule has 0 saturated carbocycles. The first kappa shape index (κ1) is 14.4. The van der Waals surface area contributed by atoms with E-state index in [0.717, 1.165) is 0 Å². The molecule has 0 atom stereocenters. The van der Waals surface area contributed by atoms with Crippen LogP contribution in [0.2, 0.25) is 0 Å². The molecule has 0 rings (SSSR count). The van der Waals surface area contributed by atoms with Gasteiger partial charge in [-0.1, -0.05) is 41.0 Å². The molecule has 0 unspecified atom stereocenters. The van der Waals surface area contributed by atoms with Crippen molar-refractivity contribution in [3.05, 3.63) is 5.92 Å². The molecule has 0 aromatic rings. The van der Waals surface area contributed by atoms with Crippen LogP contribution in [-0.4, -0.2) is 0 Å². The third-order valence-corrected chi connectivity index (χ3v) is 2.69. The van der Waals surface area contributed by atoms with Crippen molar-refractivity contribution in [3.63, 3.8) is 0 Å². The fraction of sp³-hybridized carbons (Fsp3) is 0.900. The van der Waals surface area contributed by atoms with Crippen LogP contribution in [0.1, 0.15) is 53.9 Å². The van der Waals surface area contributed by atoms with Crippen LogP contribution >= 0.6 is 0 Å². The molecule has 0 spiro atoms. The fourth-order valence-corrected chi connectivity index (χ4v) is 1.46. The zero-order valence-corrected chi connectivity index (χ0v) is 11.1. The topological polar surface area (TPSA) is 0 Å². The smallest absolute Gasteiger partial charge is 0 e. The molecular formula is C10H21Zr-. The van der Waals surface area contributed by atoms with Crippen molar-refractivity contribution in [1.29, 1.82) is 0 Å². The standard InChI is InChI=1S/C10H21.Zr/c1-6-9(7-2)10(4,5)8-3;/h6-8H2,1-5H3;/q-1;. The molecule has 0 amide bonds. The van der Waals surface area contributed by atoms with Crippen LogP contribution in [0.25, 0.3) is 0 Å². The summed E-state index contributed by atoms with van der Waals surface area (Å²) in [6.45, 7) is 11.5. The van der Waals surface area contributed by atoms with Crippen LogP contribution in [-0.2, 0) is 26.2 Å².